The van der Waals surface area contributed by atoms with Gasteiger partial charge in [-0.05, 0) is 0 Å². The van der Waals surface area contributed by atoms with Crippen LogP contribution in [-0.2, 0) is 14.5 Å². The zero-order chi connectivity index (χ0) is 21.2. The Kier molecular flexibility index (Phi) is 8.41. The molecule has 0 spiro atoms. The van der Waals surface area contributed by atoms with E-state index in [4.69, 9.17) is 14.5 Å². The van der Waals surface area contributed by atoms with Crippen molar-refractivity contribution < 1.29 is 30.2 Å². The number of benzene rings is 3. The zero-order valence-electron chi connectivity index (χ0n) is 16.1. The third kappa shape index (κ3) is 6.68. The van der Waals surface area contributed by atoms with Crippen molar-refractivity contribution in [2.24, 2.45) is 0 Å². The fourth-order valence-electron chi connectivity index (χ4n) is 2.56. The smallest absolute Gasteiger partial charge is 0.176 e. The normalized spacial score (nSPS) is 15.3. The Hall–Kier alpha value is -2.70. The maximum absolute atomic E-state index is 12.4. The lowest BCUT2D eigenvalue weighted by molar-refractivity contribution is -1.03. The van der Waals surface area contributed by atoms with E-state index in [1.165, 1.54) is 0 Å². The lowest BCUT2D eigenvalue weighted by Crippen LogP contribution is -3.04. The van der Waals surface area contributed by atoms with Crippen molar-refractivity contribution in [1.29, 1.82) is 0 Å². The molecule has 0 amide bonds. The van der Waals surface area contributed by atoms with Crippen LogP contribution in [0.4, 0.5) is 17.1 Å². The average Bonchev–Trinajstić information content (AvgIpc) is 2.82. The summed E-state index contributed by atoms with van der Waals surface area (Å²) >= 11 is 0. The summed E-state index contributed by atoms with van der Waals surface area (Å²) in [6, 6.07) is 25.3. The fraction of sp³-hybridized carbons (Fsp3) is 0.143. The standard InChI is InChI=1S/C21H23N3O6/c25-22(18-10-4-1-5-11-18)28-16-21(30-24(27)20-14-8-3-9-15-20)17-29-23(26)19-12-6-2-7-13-19/h1-15,21-24H,16-17H2. The highest BCUT2D eigenvalue weighted by molar-refractivity contribution is 5.28. The minimum absolute atomic E-state index is 0.256. The number of rotatable bonds is 11. The van der Waals surface area contributed by atoms with E-state index in [1.54, 1.807) is 91.0 Å². The van der Waals surface area contributed by atoms with E-state index in [1.807, 2.05) is 0 Å². The molecule has 0 heterocycles. The summed E-state index contributed by atoms with van der Waals surface area (Å²) in [7, 11) is 0. The van der Waals surface area contributed by atoms with Crippen LogP contribution in [0.2, 0.25) is 0 Å². The molecule has 0 aliphatic rings. The van der Waals surface area contributed by atoms with E-state index >= 15 is 0 Å². The highest BCUT2D eigenvalue weighted by Crippen LogP contribution is 2.02. The highest BCUT2D eigenvalue weighted by atomic mass is 16.9. The van der Waals surface area contributed by atoms with Crippen LogP contribution in [0, 0.1) is 15.6 Å². The summed E-state index contributed by atoms with van der Waals surface area (Å²) in [5.74, 6) is 0. The minimum Gasteiger partial charge on any atom is -0.595 e. The lowest BCUT2D eigenvalue weighted by atomic mass is 10.3. The van der Waals surface area contributed by atoms with Gasteiger partial charge in [-0.15, -0.1) is 0 Å². The fourth-order valence-corrected chi connectivity index (χ4v) is 2.56. The van der Waals surface area contributed by atoms with E-state index < -0.39 is 21.8 Å². The van der Waals surface area contributed by atoms with Crippen LogP contribution in [0.1, 0.15) is 0 Å². The molecule has 9 heteroatoms. The van der Waals surface area contributed by atoms with Gasteiger partial charge >= 0.3 is 0 Å². The predicted molar refractivity (Wildman–Crippen MR) is 108 cm³/mol. The molecule has 9 nitrogen and oxygen atoms in total. The molecular weight excluding hydrogens is 390 g/mol. The Morgan fingerprint density at radius 3 is 1.23 bits per heavy atom. The molecule has 30 heavy (non-hydrogen) atoms. The van der Waals surface area contributed by atoms with Gasteiger partial charge in [0.15, 0.2) is 23.2 Å². The van der Waals surface area contributed by atoms with Gasteiger partial charge in [0.05, 0.1) is 0 Å². The molecule has 3 aromatic carbocycles. The third-order valence-corrected chi connectivity index (χ3v) is 4.10. The third-order valence-electron chi connectivity index (χ3n) is 4.10. The van der Waals surface area contributed by atoms with Crippen LogP contribution >= 0.6 is 0 Å². The van der Waals surface area contributed by atoms with Crippen LogP contribution in [0.3, 0.4) is 0 Å². The topological polar surface area (TPSA) is 110 Å². The Balaban J connectivity index is 1.61. The molecule has 3 atom stereocenters. The molecule has 3 N–H and O–H groups in total. The molecular formula is C21H23N3O6. The van der Waals surface area contributed by atoms with E-state index in [0.29, 0.717) is 17.1 Å². The van der Waals surface area contributed by atoms with Gasteiger partial charge in [-0.2, -0.15) is 30.2 Å². The molecule has 0 saturated heterocycles. The van der Waals surface area contributed by atoms with Crippen LogP contribution in [0.25, 0.3) is 0 Å². The van der Waals surface area contributed by atoms with Gasteiger partial charge in [0.2, 0.25) is 0 Å². The zero-order valence-corrected chi connectivity index (χ0v) is 16.1. The molecule has 0 saturated carbocycles. The molecule has 0 radical (unpaired) electrons. The van der Waals surface area contributed by atoms with Crippen LogP contribution in [0.5, 0.6) is 0 Å². The maximum atomic E-state index is 12.4. The molecule has 0 fully saturated rings. The minimum atomic E-state index is -0.960. The number of hydrogen-bond donors (Lipinski definition) is 3. The molecule has 0 aromatic heterocycles. The van der Waals surface area contributed by atoms with Crippen molar-refractivity contribution >= 4 is 17.1 Å². The Morgan fingerprint density at radius 1 is 0.533 bits per heavy atom. The molecule has 3 aromatic rings. The van der Waals surface area contributed by atoms with E-state index in [-0.39, 0.29) is 13.2 Å². The van der Waals surface area contributed by atoms with Gasteiger partial charge in [0, 0.05) is 36.4 Å². The Labute approximate surface area is 173 Å². The molecule has 158 valence electrons. The summed E-state index contributed by atoms with van der Waals surface area (Å²) in [6.45, 7) is -0.511. The van der Waals surface area contributed by atoms with Crippen molar-refractivity contribution in [3.8, 4) is 0 Å². The lowest BCUT2D eigenvalue weighted by Gasteiger charge is -2.27. The van der Waals surface area contributed by atoms with E-state index in [2.05, 4.69) is 0 Å². The van der Waals surface area contributed by atoms with Gasteiger partial charge in [-0.25, -0.2) is 0 Å². The SMILES string of the molecule is [O-][NH+](OCC(CO[NH+]([O-])c1ccccc1)O[NH+]([O-])c1ccccc1)c1ccccc1. The first-order valence-electron chi connectivity index (χ1n) is 9.34. The molecule has 0 aliphatic heterocycles. The average molecular weight is 413 g/mol. The first kappa shape index (κ1) is 22.0. The van der Waals surface area contributed by atoms with Crippen LogP contribution in [0.15, 0.2) is 91.0 Å². The van der Waals surface area contributed by atoms with Crippen molar-refractivity contribution in [3.63, 3.8) is 0 Å². The van der Waals surface area contributed by atoms with Crippen LogP contribution < -0.4 is 15.7 Å². The largest absolute Gasteiger partial charge is 0.595 e. The Bertz CT molecular complexity index is 807. The van der Waals surface area contributed by atoms with E-state index in [9.17, 15) is 15.6 Å². The van der Waals surface area contributed by atoms with Crippen molar-refractivity contribution in [2.75, 3.05) is 13.2 Å². The van der Waals surface area contributed by atoms with Crippen molar-refractivity contribution in [2.45, 2.75) is 6.10 Å². The second kappa shape index (κ2) is 11.5. The second-order valence-corrected chi connectivity index (χ2v) is 6.32. The number of nitrogens with one attached hydrogen (secondary N) is 3. The summed E-state index contributed by atoms with van der Waals surface area (Å²) in [6.07, 6.45) is -0.960. The van der Waals surface area contributed by atoms with Gasteiger partial charge in [-0.3, -0.25) is 0 Å². The number of quaternary nitrogens is 3. The predicted octanol–water partition coefficient (Wildman–Crippen LogP) is 0.293. The summed E-state index contributed by atoms with van der Waals surface area (Å²) in [4.78, 5) is 15.9. The first-order valence-corrected chi connectivity index (χ1v) is 9.34. The summed E-state index contributed by atoms with van der Waals surface area (Å²) in [5, 5.41) is 35.0. The van der Waals surface area contributed by atoms with Crippen molar-refractivity contribution in [1.82, 2.24) is 0 Å². The second-order valence-electron chi connectivity index (χ2n) is 6.32. The van der Waals surface area contributed by atoms with Crippen LogP contribution in [-0.4, -0.2) is 19.3 Å². The molecule has 0 bridgehead atoms. The van der Waals surface area contributed by atoms with E-state index in [0.717, 1.165) is 0 Å². The van der Waals surface area contributed by atoms with Gasteiger partial charge in [-0.1, -0.05) is 54.6 Å². The van der Waals surface area contributed by atoms with Gasteiger partial charge in [0.25, 0.3) is 0 Å². The summed E-state index contributed by atoms with van der Waals surface area (Å²) < 4.78 is 0. The number of hydrogen-bond acceptors (Lipinski definition) is 6. The van der Waals surface area contributed by atoms with Gasteiger partial charge < -0.3 is 15.6 Å². The maximum Gasteiger partial charge on any atom is 0.176 e. The highest BCUT2D eigenvalue weighted by Gasteiger charge is 2.21. The summed E-state index contributed by atoms with van der Waals surface area (Å²) in [5.41, 5.74) is 1.07. The quantitative estimate of drug-likeness (QED) is 0.390. The molecule has 3 unspecified atom stereocenters. The first-order chi connectivity index (χ1) is 14.6. The monoisotopic (exact) mass is 413 g/mol. The van der Waals surface area contributed by atoms with Gasteiger partial charge in [0.1, 0.15) is 13.2 Å². The molecule has 0 aliphatic carbocycles. The Morgan fingerprint density at radius 2 is 0.867 bits per heavy atom. The van der Waals surface area contributed by atoms with Crippen molar-refractivity contribution in [3.05, 3.63) is 107 Å². The molecule has 3 rings (SSSR count).